The maximum Gasteiger partial charge on any atom is 0.226 e. The molecule has 1 saturated heterocycles. The molecular formula is C24H27N5OS. The van der Waals surface area contributed by atoms with Crippen molar-refractivity contribution in [3.05, 3.63) is 77.9 Å². The first-order chi connectivity index (χ1) is 14.9. The van der Waals surface area contributed by atoms with Crippen molar-refractivity contribution < 1.29 is 4.79 Å². The van der Waals surface area contributed by atoms with Gasteiger partial charge in [-0.1, -0.05) is 19.9 Å². The van der Waals surface area contributed by atoms with Gasteiger partial charge in [0.1, 0.15) is 6.04 Å². The number of anilines is 2. The molecule has 160 valence electrons. The van der Waals surface area contributed by atoms with Crippen LogP contribution in [0.4, 0.5) is 11.4 Å². The lowest BCUT2D eigenvalue weighted by molar-refractivity contribution is -0.118. The number of rotatable bonds is 5. The predicted molar refractivity (Wildman–Crippen MR) is 128 cm³/mol. The molecule has 1 fully saturated rings. The Kier molecular flexibility index (Phi) is 5.78. The van der Waals surface area contributed by atoms with E-state index in [1.165, 1.54) is 0 Å². The topological polar surface area (TPSA) is 62.2 Å². The molecule has 0 bridgehead atoms. The van der Waals surface area contributed by atoms with Crippen molar-refractivity contribution >= 4 is 34.6 Å². The van der Waals surface area contributed by atoms with Gasteiger partial charge in [-0.15, -0.1) is 0 Å². The SMILES string of the molecule is Cc1cc(N2C(=S)NC(c3ccccn3)C2c2cccn2C)ccc1NC(=O)C(C)C. The fraction of sp³-hybridized carbons (Fsp3) is 0.292. The predicted octanol–water partition coefficient (Wildman–Crippen LogP) is 4.50. The van der Waals surface area contributed by atoms with Gasteiger partial charge in [0.2, 0.25) is 5.91 Å². The van der Waals surface area contributed by atoms with E-state index in [4.69, 9.17) is 12.2 Å². The Morgan fingerprint density at radius 3 is 2.61 bits per heavy atom. The Balaban J connectivity index is 1.74. The lowest BCUT2D eigenvalue weighted by atomic mass is 10.0. The van der Waals surface area contributed by atoms with Gasteiger partial charge in [-0.05, 0) is 67.2 Å². The van der Waals surface area contributed by atoms with Crippen LogP contribution >= 0.6 is 12.2 Å². The van der Waals surface area contributed by atoms with Gasteiger partial charge in [0.05, 0.1) is 11.7 Å². The standard InChI is InChI=1S/C24H27N5OS/c1-15(2)23(30)26-18-11-10-17(14-16(18)3)29-22(20-9-7-13-28(20)4)21(27-24(29)31)19-8-5-6-12-25-19/h5-15,21-22H,1-4H3,(H,26,30)(H,27,31). The Hall–Kier alpha value is -3.19. The number of pyridine rings is 1. The van der Waals surface area contributed by atoms with Gasteiger partial charge in [0.15, 0.2) is 5.11 Å². The molecular weight excluding hydrogens is 406 g/mol. The van der Waals surface area contributed by atoms with Crippen molar-refractivity contribution in [1.82, 2.24) is 14.9 Å². The number of hydrogen-bond acceptors (Lipinski definition) is 3. The molecule has 0 spiro atoms. The summed E-state index contributed by atoms with van der Waals surface area (Å²) < 4.78 is 2.12. The summed E-state index contributed by atoms with van der Waals surface area (Å²) in [4.78, 5) is 18.9. The van der Waals surface area contributed by atoms with E-state index in [-0.39, 0.29) is 23.9 Å². The quantitative estimate of drug-likeness (QED) is 0.580. The number of nitrogens with one attached hydrogen (secondary N) is 2. The molecule has 2 N–H and O–H groups in total. The largest absolute Gasteiger partial charge is 0.353 e. The van der Waals surface area contributed by atoms with Crippen LogP contribution in [0.25, 0.3) is 0 Å². The minimum absolute atomic E-state index is 0.00566. The van der Waals surface area contributed by atoms with Crippen LogP contribution in [0.5, 0.6) is 0 Å². The van der Waals surface area contributed by atoms with Crippen molar-refractivity contribution in [3.63, 3.8) is 0 Å². The minimum Gasteiger partial charge on any atom is -0.353 e. The monoisotopic (exact) mass is 433 g/mol. The Morgan fingerprint density at radius 1 is 1.19 bits per heavy atom. The fourth-order valence-corrected chi connectivity index (χ4v) is 4.28. The number of thiocarbonyl (C=S) groups is 1. The van der Waals surface area contributed by atoms with Crippen LogP contribution in [0.3, 0.4) is 0 Å². The van der Waals surface area contributed by atoms with Gasteiger partial charge in [0, 0.05) is 42.4 Å². The average Bonchev–Trinajstić information content (AvgIpc) is 3.32. The summed E-state index contributed by atoms with van der Waals surface area (Å²) in [7, 11) is 2.04. The Morgan fingerprint density at radius 2 is 2.00 bits per heavy atom. The van der Waals surface area contributed by atoms with Gasteiger partial charge in [0.25, 0.3) is 0 Å². The molecule has 0 saturated carbocycles. The maximum absolute atomic E-state index is 12.1. The Bertz CT molecular complexity index is 1110. The summed E-state index contributed by atoms with van der Waals surface area (Å²) in [6.07, 6.45) is 3.85. The molecule has 0 radical (unpaired) electrons. The lowest BCUT2D eigenvalue weighted by Crippen LogP contribution is -2.30. The Labute approximate surface area is 188 Å². The van der Waals surface area contributed by atoms with Crippen LogP contribution < -0.4 is 15.5 Å². The molecule has 1 amide bonds. The van der Waals surface area contributed by atoms with E-state index in [2.05, 4.69) is 37.2 Å². The van der Waals surface area contributed by atoms with E-state index in [0.717, 1.165) is 28.3 Å². The normalized spacial score (nSPS) is 18.4. The van der Waals surface area contributed by atoms with E-state index >= 15 is 0 Å². The van der Waals surface area contributed by atoms with E-state index in [9.17, 15) is 4.79 Å². The number of carbonyl (C=O) groups excluding carboxylic acids is 1. The number of nitrogens with zero attached hydrogens (tertiary/aromatic N) is 3. The number of benzene rings is 1. The summed E-state index contributed by atoms with van der Waals surface area (Å²) in [6.45, 7) is 5.77. The third kappa shape index (κ3) is 4.05. The second-order valence-electron chi connectivity index (χ2n) is 8.18. The first kappa shape index (κ1) is 21.1. The molecule has 1 aromatic carbocycles. The van der Waals surface area contributed by atoms with Crippen LogP contribution in [0.1, 0.15) is 42.9 Å². The van der Waals surface area contributed by atoms with Crippen molar-refractivity contribution in [2.24, 2.45) is 13.0 Å². The van der Waals surface area contributed by atoms with Gasteiger partial charge in [-0.3, -0.25) is 9.78 Å². The third-order valence-electron chi connectivity index (χ3n) is 5.66. The van der Waals surface area contributed by atoms with Crippen LogP contribution in [0, 0.1) is 12.8 Å². The first-order valence-electron chi connectivity index (χ1n) is 10.4. The molecule has 2 atom stereocenters. The van der Waals surface area contributed by atoms with Crippen molar-refractivity contribution in [3.8, 4) is 0 Å². The lowest BCUT2D eigenvalue weighted by Gasteiger charge is -2.29. The van der Waals surface area contributed by atoms with E-state index < -0.39 is 0 Å². The second-order valence-corrected chi connectivity index (χ2v) is 8.57. The molecule has 3 aromatic rings. The molecule has 6 nitrogen and oxygen atoms in total. The number of hydrogen-bond donors (Lipinski definition) is 2. The maximum atomic E-state index is 12.1. The molecule has 0 aliphatic carbocycles. The third-order valence-corrected chi connectivity index (χ3v) is 5.97. The molecule has 1 aliphatic heterocycles. The van der Waals surface area contributed by atoms with E-state index in [0.29, 0.717) is 5.11 Å². The summed E-state index contributed by atoms with van der Waals surface area (Å²) >= 11 is 5.78. The minimum atomic E-state index is -0.0806. The van der Waals surface area contributed by atoms with E-state index in [1.807, 2.05) is 70.4 Å². The summed E-state index contributed by atoms with van der Waals surface area (Å²) in [6, 6.07) is 16.0. The van der Waals surface area contributed by atoms with Crippen molar-refractivity contribution in [2.45, 2.75) is 32.9 Å². The molecule has 1 aliphatic rings. The van der Waals surface area contributed by atoms with Gasteiger partial charge in [-0.2, -0.15) is 0 Å². The first-order valence-corrected chi connectivity index (χ1v) is 10.8. The zero-order valence-electron chi connectivity index (χ0n) is 18.2. The van der Waals surface area contributed by atoms with Crippen molar-refractivity contribution in [1.29, 1.82) is 0 Å². The molecule has 31 heavy (non-hydrogen) atoms. The molecule has 3 heterocycles. The van der Waals surface area contributed by atoms with Crippen LogP contribution in [0.15, 0.2) is 60.9 Å². The highest BCUT2D eigenvalue weighted by Gasteiger charge is 2.41. The highest BCUT2D eigenvalue weighted by molar-refractivity contribution is 7.80. The van der Waals surface area contributed by atoms with Crippen molar-refractivity contribution in [2.75, 3.05) is 10.2 Å². The van der Waals surface area contributed by atoms with Gasteiger partial charge >= 0.3 is 0 Å². The number of carbonyl (C=O) groups is 1. The second kappa shape index (κ2) is 8.51. The smallest absolute Gasteiger partial charge is 0.226 e. The number of aromatic nitrogens is 2. The number of amides is 1. The zero-order chi connectivity index (χ0) is 22.1. The number of aryl methyl sites for hydroxylation is 2. The molecule has 2 aromatic heterocycles. The molecule has 2 unspecified atom stereocenters. The molecule has 4 rings (SSSR count). The molecule has 7 heteroatoms. The van der Waals surface area contributed by atoms with E-state index in [1.54, 1.807) is 6.20 Å². The van der Waals surface area contributed by atoms with Gasteiger partial charge in [-0.25, -0.2) is 0 Å². The zero-order valence-corrected chi connectivity index (χ0v) is 19.0. The van der Waals surface area contributed by atoms with Crippen LogP contribution in [-0.4, -0.2) is 20.6 Å². The summed E-state index contributed by atoms with van der Waals surface area (Å²) in [5.41, 5.74) is 4.86. The van der Waals surface area contributed by atoms with Gasteiger partial charge < -0.3 is 20.1 Å². The summed E-state index contributed by atoms with van der Waals surface area (Å²) in [5, 5.41) is 7.13. The highest BCUT2D eigenvalue weighted by atomic mass is 32.1. The van der Waals surface area contributed by atoms with Crippen LogP contribution in [0.2, 0.25) is 0 Å². The fourth-order valence-electron chi connectivity index (χ4n) is 3.93. The summed E-state index contributed by atoms with van der Waals surface area (Å²) in [5.74, 6) is -0.0681. The highest BCUT2D eigenvalue weighted by Crippen LogP contribution is 2.42. The average molecular weight is 434 g/mol. The van der Waals surface area contributed by atoms with Crippen LogP contribution in [-0.2, 0) is 11.8 Å².